The lowest BCUT2D eigenvalue weighted by Gasteiger charge is -2.46. The van der Waals surface area contributed by atoms with E-state index in [1.54, 1.807) is 0 Å². The van der Waals surface area contributed by atoms with Gasteiger partial charge in [-0.1, -0.05) is 0 Å². The van der Waals surface area contributed by atoms with Gasteiger partial charge in [-0.05, 0) is 71.2 Å². The molecule has 0 aromatic carbocycles. The van der Waals surface area contributed by atoms with Gasteiger partial charge in [0.2, 0.25) is 0 Å². The largest absolute Gasteiger partial charge is 0.306 e. The van der Waals surface area contributed by atoms with Crippen LogP contribution in [-0.4, -0.2) is 53.0 Å². The van der Waals surface area contributed by atoms with Gasteiger partial charge in [-0.15, -0.1) is 0 Å². The summed E-state index contributed by atoms with van der Waals surface area (Å²) >= 11 is 0. The van der Waals surface area contributed by atoms with E-state index in [9.17, 15) is 0 Å². The molecule has 0 radical (unpaired) electrons. The lowest BCUT2D eigenvalue weighted by atomic mass is 9.71. The molecule has 0 N–H and O–H groups in total. The molecule has 0 bridgehead atoms. The minimum absolute atomic E-state index is 0.646. The summed E-state index contributed by atoms with van der Waals surface area (Å²) < 4.78 is 0. The highest BCUT2D eigenvalue weighted by Crippen LogP contribution is 2.41. The number of likely N-dealkylation sites (tertiary alicyclic amines) is 2. The Kier molecular flexibility index (Phi) is 4.03. The van der Waals surface area contributed by atoms with Gasteiger partial charge in [0.15, 0.2) is 0 Å². The van der Waals surface area contributed by atoms with Crippen LogP contribution in [0.3, 0.4) is 0 Å². The average Bonchev–Trinajstić information content (AvgIpc) is 2.47. The molecule has 20 heavy (non-hydrogen) atoms. The zero-order valence-corrected chi connectivity index (χ0v) is 12.8. The molecule has 2 aliphatic rings. The summed E-state index contributed by atoms with van der Waals surface area (Å²) in [6.45, 7) is 7.98. The number of hydrogen-bond acceptors (Lipinski definition) is 4. The second-order valence-corrected chi connectivity index (χ2v) is 6.72. The highest BCUT2D eigenvalue weighted by atomic mass is 15.1. The van der Waals surface area contributed by atoms with Gasteiger partial charge in [0.25, 0.3) is 0 Å². The smallest absolute Gasteiger partial charge is 0.125 e. The fourth-order valence-electron chi connectivity index (χ4n) is 3.54. The number of nitrogens with zero attached hydrogens (tertiary/aromatic N) is 4. The molecule has 0 unspecified atom stereocenters. The lowest BCUT2D eigenvalue weighted by Crippen LogP contribution is -2.45. The van der Waals surface area contributed by atoms with Crippen LogP contribution in [0, 0.1) is 12.3 Å². The van der Waals surface area contributed by atoms with E-state index >= 15 is 0 Å². The minimum atomic E-state index is 0.646. The summed E-state index contributed by atoms with van der Waals surface area (Å²) in [6, 6.07) is 0. The van der Waals surface area contributed by atoms with E-state index in [0.29, 0.717) is 5.41 Å². The molecule has 3 heterocycles. The number of aromatic nitrogens is 2. The summed E-state index contributed by atoms with van der Waals surface area (Å²) in [6.07, 6.45) is 9.47. The highest BCUT2D eigenvalue weighted by molar-refractivity contribution is 5.05. The van der Waals surface area contributed by atoms with Crippen molar-refractivity contribution in [2.45, 2.75) is 39.2 Å². The Morgan fingerprint density at radius 1 is 1.00 bits per heavy atom. The summed E-state index contributed by atoms with van der Waals surface area (Å²) in [5.41, 5.74) is 1.89. The van der Waals surface area contributed by atoms with Crippen molar-refractivity contribution >= 4 is 0 Å². The number of aryl methyl sites for hydroxylation is 1. The van der Waals surface area contributed by atoms with Crippen LogP contribution in [0.25, 0.3) is 0 Å². The molecule has 2 saturated heterocycles. The quantitative estimate of drug-likeness (QED) is 0.826. The van der Waals surface area contributed by atoms with E-state index in [2.05, 4.69) is 26.8 Å². The third kappa shape index (κ3) is 3.18. The molecule has 0 amide bonds. The molecule has 1 aromatic rings. The number of piperidine rings is 2. The van der Waals surface area contributed by atoms with Gasteiger partial charge in [0, 0.05) is 24.5 Å². The van der Waals surface area contributed by atoms with Crippen molar-refractivity contribution in [2.24, 2.45) is 5.41 Å². The second-order valence-electron chi connectivity index (χ2n) is 6.72. The van der Waals surface area contributed by atoms with Crippen molar-refractivity contribution < 1.29 is 0 Å². The molecular formula is C16H26N4. The predicted molar refractivity (Wildman–Crippen MR) is 80.4 cm³/mol. The Balaban J connectivity index is 1.52. The molecule has 3 rings (SSSR count). The molecule has 4 nitrogen and oxygen atoms in total. The zero-order chi connectivity index (χ0) is 14.0. The van der Waals surface area contributed by atoms with Crippen LogP contribution in [0.5, 0.6) is 0 Å². The van der Waals surface area contributed by atoms with Crippen molar-refractivity contribution in [1.29, 1.82) is 0 Å². The third-order valence-electron chi connectivity index (χ3n) is 5.21. The predicted octanol–water partition coefficient (Wildman–Crippen LogP) is 2.09. The average molecular weight is 274 g/mol. The van der Waals surface area contributed by atoms with Gasteiger partial charge in [-0.2, -0.15) is 0 Å². The lowest BCUT2D eigenvalue weighted by molar-refractivity contribution is 0.0400. The Hall–Kier alpha value is -1.00. The van der Waals surface area contributed by atoms with Crippen molar-refractivity contribution in [2.75, 3.05) is 33.2 Å². The van der Waals surface area contributed by atoms with E-state index < -0.39 is 0 Å². The second kappa shape index (κ2) is 5.78. The van der Waals surface area contributed by atoms with Gasteiger partial charge in [-0.25, -0.2) is 9.97 Å². The number of hydrogen-bond donors (Lipinski definition) is 0. The monoisotopic (exact) mass is 274 g/mol. The van der Waals surface area contributed by atoms with Crippen LogP contribution in [0.2, 0.25) is 0 Å². The van der Waals surface area contributed by atoms with Gasteiger partial charge in [-0.3, -0.25) is 4.90 Å². The molecule has 1 aromatic heterocycles. The SMILES string of the molecule is Cc1ncc(CN2CCC3(CCN(C)CC3)CC2)cn1. The molecule has 0 saturated carbocycles. The Morgan fingerprint density at radius 2 is 1.55 bits per heavy atom. The van der Waals surface area contributed by atoms with E-state index in [1.165, 1.54) is 57.4 Å². The maximum absolute atomic E-state index is 4.29. The number of rotatable bonds is 2. The van der Waals surface area contributed by atoms with Crippen molar-refractivity contribution in [3.8, 4) is 0 Å². The van der Waals surface area contributed by atoms with Gasteiger partial charge < -0.3 is 4.90 Å². The molecule has 0 atom stereocenters. The van der Waals surface area contributed by atoms with Crippen LogP contribution in [0.1, 0.15) is 37.1 Å². The first-order chi connectivity index (χ1) is 9.65. The Morgan fingerprint density at radius 3 is 2.15 bits per heavy atom. The molecule has 1 spiro atoms. The normalized spacial score (nSPS) is 24.1. The third-order valence-corrected chi connectivity index (χ3v) is 5.21. The van der Waals surface area contributed by atoms with Crippen molar-refractivity contribution in [3.05, 3.63) is 23.8 Å². The first-order valence-electron chi connectivity index (χ1n) is 7.84. The van der Waals surface area contributed by atoms with E-state index in [0.717, 1.165) is 12.4 Å². The fraction of sp³-hybridized carbons (Fsp3) is 0.750. The molecule has 0 aliphatic carbocycles. The maximum atomic E-state index is 4.29. The van der Waals surface area contributed by atoms with Crippen LogP contribution < -0.4 is 0 Å². The van der Waals surface area contributed by atoms with E-state index in [-0.39, 0.29) is 0 Å². The van der Waals surface area contributed by atoms with E-state index in [4.69, 9.17) is 0 Å². The summed E-state index contributed by atoms with van der Waals surface area (Å²) in [5.74, 6) is 0.859. The first kappa shape index (κ1) is 14.0. The fourth-order valence-corrected chi connectivity index (χ4v) is 3.54. The molecular weight excluding hydrogens is 248 g/mol. The van der Waals surface area contributed by atoms with Gasteiger partial charge in [0.1, 0.15) is 5.82 Å². The summed E-state index contributed by atoms with van der Waals surface area (Å²) in [4.78, 5) is 13.6. The van der Waals surface area contributed by atoms with E-state index in [1.807, 2.05) is 19.3 Å². The zero-order valence-electron chi connectivity index (χ0n) is 12.8. The van der Waals surface area contributed by atoms with Crippen LogP contribution in [0.15, 0.2) is 12.4 Å². The van der Waals surface area contributed by atoms with Crippen LogP contribution >= 0.6 is 0 Å². The highest BCUT2D eigenvalue weighted by Gasteiger charge is 2.36. The minimum Gasteiger partial charge on any atom is -0.306 e. The molecule has 2 aliphatic heterocycles. The topological polar surface area (TPSA) is 32.3 Å². The summed E-state index contributed by atoms with van der Waals surface area (Å²) in [5, 5.41) is 0. The maximum Gasteiger partial charge on any atom is 0.125 e. The van der Waals surface area contributed by atoms with Crippen LogP contribution in [-0.2, 0) is 6.54 Å². The Bertz CT molecular complexity index is 424. The Labute approximate surface area is 122 Å². The standard InChI is InChI=1S/C16H26N4/c1-14-17-11-15(12-18-14)13-20-9-5-16(6-10-20)3-7-19(2)8-4-16/h11-12H,3-10,13H2,1-2H3. The van der Waals surface area contributed by atoms with Crippen molar-refractivity contribution in [3.63, 3.8) is 0 Å². The first-order valence-corrected chi connectivity index (χ1v) is 7.84. The summed E-state index contributed by atoms with van der Waals surface area (Å²) in [7, 11) is 2.25. The molecule has 2 fully saturated rings. The van der Waals surface area contributed by atoms with Crippen LogP contribution in [0.4, 0.5) is 0 Å². The van der Waals surface area contributed by atoms with Crippen molar-refractivity contribution in [1.82, 2.24) is 19.8 Å². The van der Waals surface area contributed by atoms with Gasteiger partial charge >= 0.3 is 0 Å². The molecule has 4 heteroatoms. The van der Waals surface area contributed by atoms with Gasteiger partial charge in [0.05, 0.1) is 0 Å². The molecule has 110 valence electrons.